The molecule has 0 heterocycles. The number of rotatable bonds is 10. The van der Waals surface area contributed by atoms with Gasteiger partial charge in [0.15, 0.2) is 0 Å². The minimum absolute atomic E-state index is 0.807. The average molecular weight is 200 g/mol. The van der Waals surface area contributed by atoms with Crippen LogP contribution in [0.3, 0.4) is 0 Å². The first-order valence-electron chi connectivity index (χ1n) is 5.84. The van der Waals surface area contributed by atoms with Crippen LogP contribution in [-0.2, 0) is 4.74 Å². The van der Waals surface area contributed by atoms with Crippen molar-refractivity contribution in [2.24, 2.45) is 5.92 Å². The van der Waals surface area contributed by atoms with Crippen LogP contribution in [0.1, 0.15) is 25.7 Å². The Bertz CT molecular complexity index is 126. The molecule has 3 nitrogen and oxygen atoms in total. The molecule has 0 aromatic carbocycles. The van der Waals surface area contributed by atoms with E-state index in [4.69, 9.17) is 4.74 Å². The second-order valence-electron chi connectivity index (χ2n) is 4.08. The lowest BCUT2D eigenvalue weighted by molar-refractivity contribution is 0.199. The van der Waals surface area contributed by atoms with Gasteiger partial charge in [-0.3, -0.25) is 0 Å². The van der Waals surface area contributed by atoms with Crippen molar-refractivity contribution in [3.63, 3.8) is 0 Å². The number of methoxy groups -OCH3 is 1. The third-order valence-electron chi connectivity index (χ3n) is 2.62. The number of ether oxygens (including phenoxy) is 1. The van der Waals surface area contributed by atoms with E-state index in [0.717, 1.165) is 32.2 Å². The topological polar surface area (TPSA) is 33.3 Å². The van der Waals surface area contributed by atoms with Gasteiger partial charge in [0.2, 0.25) is 0 Å². The smallest absolute Gasteiger partial charge is 0.0587 e. The lowest BCUT2D eigenvalue weighted by Crippen LogP contribution is -2.29. The Balaban J connectivity index is 1.63. The molecule has 0 bridgehead atoms. The molecular weight excluding hydrogens is 176 g/mol. The minimum Gasteiger partial charge on any atom is -0.383 e. The fraction of sp³-hybridized carbons (Fsp3) is 1.00. The second-order valence-corrected chi connectivity index (χ2v) is 4.08. The molecule has 0 radical (unpaired) electrons. The van der Waals surface area contributed by atoms with Gasteiger partial charge in [-0.1, -0.05) is 12.8 Å². The highest BCUT2D eigenvalue weighted by atomic mass is 16.5. The molecule has 0 aromatic rings. The maximum Gasteiger partial charge on any atom is 0.0587 e. The van der Waals surface area contributed by atoms with Crippen molar-refractivity contribution in [2.45, 2.75) is 25.7 Å². The normalized spacial score (nSPS) is 16.1. The van der Waals surface area contributed by atoms with Gasteiger partial charge in [0, 0.05) is 26.7 Å². The van der Waals surface area contributed by atoms with Crippen molar-refractivity contribution in [1.29, 1.82) is 0 Å². The monoisotopic (exact) mass is 200 g/mol. The van der Waals surface area contributed by atoms with Gasteiger partial charge in [-0.05, 0) is 25.3 Å². The molecular formula is C11H24N2O. The van der Waals surface area contributed by atoms with Crippen molar-refractivity contribution < 1.29 is 4.74 Å². The van der Waals surface area contributed by atoms with Gasteiger partial charge in [0.05, 0.1) is 6.61 Å². The van der Waals surface area contributed by atoms with Crippen LogP contribution in [-0.4, -0.2) is 39.9 Å². The molecule has 1 saturated carbocycles. The SMILES string of the molecule is COCCNCCNCCCC1CC1. The van der Waals surface area contributed by atoms with Crippen molar-refractivity contribution in [2.75, 3.05) is 39.9 Å². The van der Waals surface area contributed by atoms with Crippen LogP contribution in [0.2, 0.25) is 0 Å². The zero-order valence-electron chi connectivity index (χ0n) is 9.35. The van der Waals surface area contributed by atoms with Crippen molar-refractivity contribution in [1.82, 2.24) is 10.6 Å². The van der Waals surface area contributed by atoms with Gasteiger partial charge in [0.1, 0.15) is 0 Å². The summed E-state index contributed by atoms with van der Waals surface area (Å²) in [5, 5.41) is 6.75. The van der Waals surface area contributed by atoms with E-state index in [2.05, 4.69) is 10.6 Å². The largest absolute Gasteiger partial charge is 0.383 e. The summed E-state index contributed by atoms with van der Waals surface area (Å²) < 4.78 is 4.94. The maximum absolute atomic E-state index is 4.94. The minimum atomic E-state index is 0.807. The quantitative estimate of drug-likeness (QED) is 0.516. The molecule has 0 saturated heterocycles. The highest BCUT2D eigenvalue weighted by molar-refractivity contribution is 4.72. The summed E-state index contributed by atoms with van der Waals surface area (Å²) in [5.74, 6) is 1.08. The zero-order valence-corrected chi connectivity index (χ0v) is 9.35. The summed E-state index contributed by atoms with van der Waals surface area (Å²) >= 11 is 0. The highest BCUT2D eigenvalue weighted by Crippen LogP contribution is 2.33. The van der Waals surface area contributed by atoms with E-state index in [-0.39, 0.29) is 0 Å². The van der Waals surface area contributed by atoms with E-state index in [1.807, 2.05) is 0 Å². The first kappa shape index (κ1) is 12.0. The third-order valence-corrected chi connectivity index (χ3v) is 2.62. The van der Waals surface area contributed by atoms with E-state index >= 15 is 0 Å². The van der Waals surface area contributed by atoms with Crippen molar-refractivity contribution in [3.05, 3.63) is 0 Å². The predicted molar refractivity (Wildman–Crippen MR) is 59.6 cm³/mol. The molecule has 0 atom stereocenters. The van der Waals surface area contributed by atoms with Crippen molar-refractivity contribution in [3.8, 4) is 0 Å². The summed E-state index contributed by atoms with van der Waals surface area (Å²) in [5.41, 5.74) is 0. The first-order chi connectivity index (χ1) is 6.93. The van der Waals surface area contributed by atoms with Crippen LogP contribution in [0, 0.1) is 5.92 Å². The molecule has 84 valence electrons. The summed E-state index contributed by atoms with van der Waals surface area (Å²) in [7, 11) is 1.73. The van der Waals surface area contributed by atoms with Crippen LogP contribution in [0.5, 0.6) is 0 Å². The standard InChI is InChI=1S/C11H24N2O/c1-14-10-9-13-8-7-12-6-2-3-11-4-5-11/h11-13H,2-10H2,1H3. The van der Waals surface area contributed by atoms with Crippen LogP contribution in [0.25, 0.3) is 0 Å². The van der Waals surface area contributed by atoms with Crippen LogP contribution in [0.4, 0.5) is 0 Å². The summed E-state index contributed by atoms with van der Waals surface area (Å²) in [6, 6.07) is 0. The fourth-order valence-electron chi connectivity index (χ4n) is 1.52. The van der Waals surface area contributed by atoms with Gasteiger partial charge in [-0.25, -0.2) is 0 Å². The Kier molecular flexibility index (Phi) is 7.01. The maximum atomic E-state index is 4.94. The van der Waals surface area contributed by atoms with Gasteiger partial charge in [-0.2, -0.15) is 0 Å². The number of hydrogen-bond donors (Lipinski definition) is 2. The Hall–Kier alpha value is -0.120. The van der Waals surface area contributed by atoms with Gasteiger partial charge >= 0.3 is 0 Å². The predicted octanol–water partition coefficient (Wildman–Crippen LogP) is 1.00. The lowest BCUT2D eigenvalue weighted by atomic mass is 10.2. The zero-order chi connectivity index (χ0) is 10.1. The van der Waals surface area contributed by atoms with E-state index in [1.54, 1.807) is 7.11 Å². The van der Waals surface area contributed by atoms with Crippen LogP contribution >= 0.6 is 0 Å². The molecule has 0 aliphatic heterocycles. The molecule has 0 amide bonds. The molecule has 1 rings (SSSR count). The Morgan fingerprint density at radius 3 is 2.43 bits per heavy atom. The fourth-order valence-corrected chi connectivity index (χ4v) is 1.52. The third kappa shape index (κ3) is 7.30. The highest BCUT2D eigenvalue weighted by Gasteiger charge is 2.19. The van der Waals surface area contributed by atoms with E-state index < -0.39 is 0 Å². The molecule has 14 heavy (non-hydrogen) atoms. The molecule has 1 fully saturated rings. The van der Waals surface area contributed by atoms with Gasteiger partial charge in [0.25, 0.3) is 0 Å². The van der Waals surface area contributed by atoms with E-state index in [1.165, 1.54) is 32.2 Å². The van der Waals surface area contributed by atoms with Gasteiger partial charge in [-0.15, -0.1) is 0 Å². The molecule has 0 unspecified atom stereocenters. The second kappa shape index (κ2) is 8.21. The summed E-state index contributed by atoms with van der Waals surface area (Å²) in [6.45, 7) is 5.07. The van der Waals surface area contributed by atoms with Crippen molar-refractivity contribution >= 4 is 0 Å². The molecule has 1 aliphatic carbocycles. The number of hydrogen-bond acceptors (Lipinski definition) is 3. The number of nitrogens with one attached hydrogen (secondary N) is 2. The summed E-state index contributed by atoms with van der Waals surface area (Å²) in [6.07, 6.45) is 5.75. The van der Waals surface area contributed by atoms with Crippen LogP contribution in [0.15, 0.2) is 0 Å². The Labute approximate surface area is 87.6 Å². The molecule has 0 spiro atoms. The van der Waals surface area contributed by atoms with Gasteiger partial charge < -0.3 is 15.4 Å². The average Bonchev–Trinajstić information content (AvgIpc) is 2.99. The van der Waals surface area contributed by atoms with Crippen LogP contribution < -0.4 is 10.6 Å². The lowest BCUT2D eigenvalue weighted by Gasteiger charge is -2.05. The Morgan fingerprint density at radius 2 is 1.79 bits per heavy atom. The molecule has 2 N–H and O–H groups in total. The molecule has 0 aromatic heterocycles. The molecule has 3 heteroatoms. The Morgan fingerprint density at radius 1 is 1.07 bits per heavy atom. The van der Waals surface area contributed by atoms with E-state index in [0.29, 0.717) is 0 Å². The molecule has 1 aliphatic rings. The van der Waals surface area contributed by atoms with E-state index in [9.17, 15) is 0 Å². The first-order valence-corrected chi connectivity index (χ1v) is 5.84. The summed E-state index contributed by atoms with van der Waals surface area (Å²) in [4.78, 5) is 0.